The van der Waals surface area contributed by atoms with Crippen LogP contribution in [-0.2, 0) is 13.0 Å². The van der Waals surface area contributed by atoms with E-state index in [4.69, 9.17) is 0 Å². The standard InChI is InChI=1S/C14H20FN/c1-2-12-3-5-13(6-4-12)11-16-9-7-14(15)8-10-16/h3-6,14H,2,7-11H2,1H3. The minimum absolute atomic E-state index is 0.571. The van der Waals surface area contributed by atoms with Crippen LogP contribution in [0.25, 0.3) is 0 Å². The van der Waals surface area contributed by atoms with E-state index in [2.05, 4.69) is 36.1 Å². The molecule has 0 aromatic heterocycles. The Morgan fingerprint density at radius 2 is 1.69 bits per heavy atom. The maximum Gasteiger partial charge on any atom is 0.103 e. The summed E-state index contributed by atoms with van der Waals surface area (Å²) in [6, 6.07) is 8.77. The number of piperidine rings is 1. The molecule has 0 saturated carbocycles. The Kier molecular flexibility index (Phi) is 3.94. The molecule has 0 bridgehead atoms. The number of benzene rings is 1. The van der Waals surface area contributed by atoms with E-state index in [9.17, 15) is 4.39 Å². The van der Waals surface area contributed by atoms with Gasteiger partial charge in [-0.3, -0.25) is 4.90 Å². The summed E-state index contributed by atoms with van der Waals surface area (Å²) in [7, 11) is 0. The molecule has 1 aliphatic rings. The highest BCUT2D eigenvalue weighted by Crippen LogP contribution is 2.16. The molecule has 0 radical (unpaired) electrons. The largest absolute Gasteiger partial charge is 0.299 e. The van der Waals surface area contributed by atoms with Crippen molar-refractivity contribution in [2.24, 2.45) is 0 Å². The van der Waals surface area contributed by atoms with Crippen molar-refractivity contribution in [1.82, 2.24) is 4.90 Å². The fourth-order valence-corrected chi connectivity index (χ4v) is 2.20. The van der Waals surface area contributed by atoms with E-state index in [1.165, 1.54) is 11.1 Å². The third kappa shape index (κ3) is 3.05. The van der Waals surface area contributed by atoms with Crippen LogP contribution in [-0.4, -0.2) is 24.2 Å². The molecule has 88 valence electrons. The van der Waals surface area contributed by atoms with Crippen molar-refractivity contribution in [3.05, 3.63) is 35.4 Å². The monoisotopic (exact) mass is 221 g/mol. The van der Waals surface area contributed by atoms with Gasteiger partial charge in [-0.25, -0.2) is 4.39 Å². The van der Waals surface area contributed by atoms with Crippen LogP contribution in [0.2, 0.25) is 0 Å². The van der Waals surface area contributed by atoms with Gasteiger partial charge in [0, 0.05) is 19.6 Å². The first kappa shape index (κ1) is 11.6. The van der Waals surface area contributed by atoms with Crippen molar-refractivity contribution < 1.29 is 4.39 Å². The Labute approximate surface area is 97.3 Å². The van der Waals surface area contributed by atoms with Gasteiger partial charge in [-0.2, -0.15) is 0 Å². The molecule has 0 spiro atoms. The van der Waals surface area contributed by atoms with Crippen LogP contribution in [0.1, 0.15) is 30.9 Å². The van der Waals surface area contributed by atoms with Gasteiger partial charge in [0.1, 0.15) is 6.17 Å². The molecule has 0 N–H and O–H groups in total. The fourth-order valence-electron chi connectivity index (χ4n) is 2.20. The molecule has 2 heteroatoms. The van der Waals surface area contributed by atoms with Gasteiger partial charge in [0.25, 0.3) is 0 Å². The Bertz CT molecular complexity index is 312. The lowest BCUT2D eigenvalue weighted by Gasteiger charge is -2.28. The van der Waals surface area contributed by atoms with Crippen LogP contribution >= 0.6 is 0 Å². The topological polar surface area (TPSA) is 3.24 Å². The third-order valence-electron chi connectivity index (χ3n) is 3.35. The van der Waals surface area contributed by atoms with E-state index >= 15 is 0 Å². The maximum atomic E-state index is 13.0. The van der Waals surface area contributed by atoms with E-state index in [1.54, 1.807) is 0 Å². The van der Waals surface area contributed by atoms with Crippen molar-refractivity contribution >= 4 is 0 Å². The Hall–Kier alpha value is -0.890. The SMILES string of the molecule is CCc1ccc(CN2CCC(F)CC2)cc1. The smallest absolute Gasteiger partial charge is 0.103 e. The van der Waals surface area contributed by atoms with Crippen LogP contribution < -0.4 is 0 Å². The van der Waals surface area contributed by atoms with Crippen LogP contribution in [0.3, 0.4) is 0 Å². The second-order valence-electron chi connectivity index (χ2n) is 4.62. The molecule has 0 amide bonds. The number of likely N-dealkylation sites (tertiary alicyclic amines) is 1. The predicted molar refractivity (Wildman–Crippen MR) is 65.2 cm³/mol. The third-order valence-corrected chi connectivity index (χ3v) is 3.35. The molecule has 1 saturated heterocycles. The average Bonchev–Trinajstić information content (AvgIpc) is 2.33. The molecule has 0 atom stereocenters. The Morgan fingerprint density at radius 3 is 2.25 bits per heavy atom. The lowest BCUT2D eigenvalue weighted by Crippen LogP contribution is -2.33. The van der Waals surface area contributed by atoms with Crippen molar-refractivity contribution in [2.75, 3.05) is 13.1 Å². The quantitative estimate of drug-likeness (QED) is 0.757. The lowest BCUT2D eigenvalue weighted by atomic mass is 10.1. The summed E-state index contributed by atoms with van der Waals surface area (Å²) in [5.74, 6) is 0. The molecular weight excluding hydrogens is 201 g/mol. The lowest BCUT2D eigenvalue weighted by molar-refractivity contribution is 0.145. The number of aryl methyl sites for hydroxylation is 1. The molecule has 1 nitrogen and oxygen atoms in total. The van der Waals surface area contributed by atoms with Gasteiger partial charge >= 0.3 is 0 Å². The molecule has 2 rings (SSSR count). The zero-order valence-electron chi connectivity index (χ0n) is 9.95. The average molecular weight is 221 g/mol. The number of hydrogen-bond acceptors (Lipinski definition) is 1. The van der Waals surface area contributed by atoms with Gasteiger partial charge in [0.05, 0.1) is 0 Å². The summed E-state index contributed by atoms with van der Waals surface area (Å²) < 4.78 is 13.0. The van der Waals surface area contributed by atoms with Gasteiger partial charge in [-0.05, 0) is 30.4 Å². The molecule has 0 aliphatic carbocycles. The van der Waals surface area contributed by atoms with Crippen molar-refractivity contribution in [2.45, 2.75) is 38.9 Å². The molecule has 1 fully saturated rings. The van der Waals surface area contributed by atoms with Gasteiger partial charge < -0.3 is 0 Å². The van der Waals surface area contributed by atoms with Gasteiger partial charge in [-0.15, -0.1) is 0 Å². The normalized spacial score (nSPS) is 18.9. The number of alkyl halides is 1. The van der Waals surface area contributed by atoms with Crippen molar-refractivity contribution in [1.29, 1.82) is 0 Å². The van der Waals surface area contributed by atoms with Crippen molar-refractivity contribution in [3.8, 4) is 0 Å². The first-order valence-electron chi connectivity index (χ1n) is 6.22. The predicted octanol–water partition coefficient (Wildman–Crippen LogP) is 3.18. The summed E-state index contributed by atoms with van der Waals surface area (Å²) in [6.07, 6.45) is 1.92. The summed E-state index contributed by atoms with van der Waals surface area (Å²) in [6.45, 7) is 4.94. The molecule has 1 heterocycles. The molecule has 1 aliphatic heterocycles. The maximum absolute atomic E-state index is 13.0. The molecule has 0 unspecified atom stereocenters. The summed E-state index contributed by atoms with van der Waals surface area (Å²) in [4.78, 5) is 2.34. The minimum Gasteiger partial charge on any atom is -0.299 e. The molecule has 1 aromatic rings. The van der Waals surface area contributed by atoms with Crippen LogP contribution in [0.5, 0.6) is 0 Å². The highest BCUT2D eigenvalue weighted by Gasteiger charge is 2.17. The minimum atomic E-state index is -0.571. The summed E-state index contributed by atoms with van der Waals surface area (Å²) in [5.41, 5.74) is 2.72. The molecule has 16 heavy (non-hydrogen) atoms. The first-order valence-corrected chi connectivity index (χ1v) is 6.22. The van der Waals surface area contributed by atoms with E-state index in [0.29, 0.717) is 12.8 Å². The zero-order valence-corrected chi connectivity index (χ0v) is 9.95. The van der Waals surface area contributed by atoms with Gasteiger partial charge in [0.2, 0.25) is 0 Å². The van der Waals surface area contributed by atoms with Crippen LogP contribution in [0.4, 0.5) is 4.39 Å². The van der Waals surface area contributed by atoms with Crippen LogP contribution in [0.15, 0.2) is 24.3 Å². The Balaban J connectivity index is 1.88. The fraction of sp³-hybridized carbons (Fsp3) is 0.571. The van der Waals surface area contributed by atoms with E-state index in [-0.39, 0.29) is 0 Å². The summed E-state index contributed by atoms with van der Waals surface area (Å²) in [5, 5.41) is 0. The highest BCUT2D eigenvalue weighted by atomic mass is 19.1. The second-order valence-corrected chi connectivity index (χ2v) is 4.62. The number of rotatable bonds is 3. The van der Waals surface area contributed by atoms with E-state index in [1.807, 2.05) is 0 Å². The Morgan fingerprint density at radius 1 is 1.12 bits per heavy atom. The van der Waals surface area contributed by atoms with E-state index < -0.39 is 6.17 Å². The van der Waals surface area contributed by atoms with Crippen molar-refractivity contribution in [3.63, 3.8) is 0 Å². The molecular formula is C14H20FN. The number of nitrogens with zero attached hydrogens (tertiary/aromatic N) is 1. The summed E-state index contributed by atoms with van der Waals surface area (Å²) >= 11 is 0. The van der Waals surface area contributed by atoms with Gasteiger partial charge in [-0.1, -0.05) is 31.2 Å². The van der Waals surface area contributed by atoms with Crippen LogP contribution in [0, 0.1) is 0 Å². The zero-order chi connectivity index (χ0) is 11.4. The second kappa shape index (κ2) is 5.44. The molecule has 1 aromatic carbocycles. The van der Waals surface area contributed by atoms with E-state index in [0.717, 1.165) is 26.1 Å². The van der Waals surface area contributed by atoms with Gasteiger partial charge in [0.15, 0.2) is 0 Å². The number of hydrogen-bond donors (Lipinski definition) is 0. The highest BCUT2D eigenvalue weighted by molar-refractivity contribution is 5.22. The number of halogens is 1. The first-order chi connectivity index (χ1) is 7.78.